The minimum absolute atomic E-state index is 0.200. The molecule has 0 fully saturated rings. The monoisotopic (exact) mass is 308 g/mol. The van der Waals surface area contributed by atoms with Crippen molar-refractivity contribution >= 4 is 41.1 Å². The Morgan fingerprint density at radius 2 is 1.95 bits per heavy atom. The lowest BCUT2D eigenvalue weighted by atomic mass is 10.2. The van der Waals surface area contributed by atoms with E-state index in [0.29, 0.717) is 15.6 Å². The Kier molecular flexibility index (Phi) is 4.61. The summed E-state index contributed by atoms with van der Waals surface area (Å²) in [5, 5.41) is 4.55. The van der Waals surface area contributed by atoms with Crippen LogP contribution in [0.2, 0.25) is 10.0 Å². The topological polar surface area (TPSA) is 64.7 Å². The molecule has 0 heterocycles. The second-order valence-corrected chi connectivity index (χ2v) is 4.71. The molecule has 0 atom stereocenters. The molecule has 2 N–H and O–H groups in total. The van der Waals surface area contributed by atoms with Gasteiger partial charge in [0.1, 0.15) is 0 Å². The molecule has 0 bridgehead atoms. The molecule has 0 radical (unpaired) electrons. The first-order valence-corrected chi connectivity index (χ1v) is 6.38. The van der Waals surface area contributed by atoms with Gasteiger partial charge in [0.05, 0.1) is 11.8 Å². The summed E-state index contributed by atoms with van der Waals surface area (Å²) in [5.41, 5.74) is 6.75. The number of nitrogens with two attached hydrogens (primary N) is 1. The van der Waals surface area contributed by atoms with Gasteiger partial charge in [-0.1, -0.05) is 46.6 Å². The third-order valence-electron chi connectivity index (χ3n) is 2.47. The molecule has 0 aliphatic rings. The van der Waals surface area contributed by atoms with Crippen molar-refractivity contribution in [1.29, 1.82) is 0 Å². The molecular formula is C14H10Cl2N2O2. The molecule has 0 aromatic heterocycles. The van der Waals surface area contributed by atoms with Crippen LogP contribution in [0, 0.1) is 0 Å². The summed E-state index contributed by atoms with van der Waals surface area (Å²) in [4.78, 5) is 16.5. The van der Waals surface area contributed by atoms with Gasteiger partial charge in [0, 0.05) is 21.3 Å². The van der Waals surface area contributed by atoms with Gasteiger partial charge in [-0.25, -0.2) is 4.79 Å². The van der Waals surface area contributed by atoms with Gasteiger partial charge in [-0.3, -0.25) is 0 Å². The molecule has 4 nitrogen and oxygen atoms in total. The van der Waals surface area contributed by atoms with Crippen molar-refractivity contribution in [1.82, 2.24) is 0 Å². The maximum Gasteiger partial charge on any atom is 0.367 e. The fourth-order valence-electron chi connectivity index (χ4n) is 1.48. The first kappa shape index (κ1) is 14.4. The first-order chi connectivity index (χ1) is 9.58. The average molecular weight is 309 g/mol. The maximum absolute atomic E-state index is 11.8. The fourth-order valence-corrected chi connectivity index (χ4v) is 1.84. The minimum atomic E-state index is -0.664. The largest absolute Gasteiger partial charge is 0.398 e. The summed E-state index contributed by atoms with van der Waals surface area (Å²) in [6.07, 6.45) is 1.35. The molecule has 2 rings (SSSR count). The second-order valence-electron chi connectivity index (χ2n) is 3.87. The van der Waals surface area contributed by atoms with E-state index in [0.717, 1.165) is 0 Å². The number of oxime groups is 1. The lowest BCUT2D eigenvalue weighted by molar-refractivity contribution is 0.0520. The number of carbonyl (C=O) groups is 1. The maximum atomic E-state index is 11.8. The minimum Gasteiger partial charge on any atom is -0.398 e. The van der Waals surface area contributed by atoms with Crippen molar-refractivity contribution in [3.8, 4) is 0 Å². The molecule has 0 saturated heterocycles. The number of hydrogen-bond donors (Lipinski definition) is 1. The summed E-state index contributed by atoms with van der Waals surface area (Å²) < 4.78 is 0. The van der Waals surface area contributed by atoms with Crippen molar-refractivity contribution < 1.29 is 9.63 Å². The number of nitrogen functional groups attached to an aromatic ring is 1. The van der Waals surface area contributed by atoms with Gasteiger partial charge < -0.3 is 10.6 Å². The van der Waals surface area contributed by atoms with Gasteiger partial charge in [-0.15, -0.1) is 0 Å². The number of rotatable bonds is 3. The molecule has 6 heteroatoms. The van der Waals surface area contributed by atoms with Crippen LogP contribution in [0.4, 0.5) is 5.69 Å². The highest BCUT2D eigenvalue weighted by Gasteiger charge is 2.11. The first-order valence-electron chi connectivity index (χ1n) is 5.62. The van der Waals surface area contributed by atoms with E-state index in [-0.39, 0.29) is 11.3 Å². The summed E-state index contributed by atoms with van der Waals surface area (Å²) in [6, 6.07) is 11.5. The van der Waals surface area contributed by atoms with Crippen LogP contribution in [0.1, 0.15) is 15.9 Å². The van der Waals surface area contributed by atoms with Crippen LogP contribution in [0.5, 0.6) is 0 Å². The zero-order valence-electron chi connectivity index (χ0n) is 10.2. The lowest BCUT2D eigenvalue weighted by Gasteiger charge is -2.02. The van der Waals surface area contributed by atoms with Crippen molar-refractivity contribution in [2.45, 2.75) is 0 Å². The molecule has 0 amide bonds. The Morgan fingerprint density at radius 1 is 1.20 bits per heavy atom. The Hall–Kier alpha value is -2.04. The Bertz CT molecular complexity index is 672. The van der Waals surface area contributed by atoms with Crippen LogP contribution < -0.4 is 5.73 Å². The van der Waals surface area contributed by atoms with Crippen molar-refractivity contribution in [3.63, 3.8) is 0 Å². The Balaban J connectivity index is 2.07. The summed E-state index contributed by atoms with van der Waals surface area (Å²) >= 11 is 11.7. The van der Waals surface area contributed by atoms with Gasteiger partial charge in [0.15, 0.2) is 0 Å². The predicted octanol–water partition coefficient (Wildman–Crippen LogP) is 3.77. The molecule has 102 valence electrons. The standard InChI is InChI=1S/C14H10Cl2N2O2/c15-10-5-6-11(13(17)7-10)14(19)20-18-8-9-3-1-2-4-12(9)16/h1-8H,17H2/b18-8+. The van der Waals surface area contributed by atoms with E-state index in [4.69, 9.17) is 33.8 Å². The number of carbonyl (C=O) groups excluding carboxylic acids is 1. The van der Waals surface area contributed by atoms with Gasteiger partial charge >= 0.3 is 5.97 Å². The normalized spacial score (nSPS) is 10.7. The summed E-state index contributed by atoms with van der Waals surface area (Å²) in [7, 11) is 0. The Morgan fingerprint density at radius 3 is 2.65 bits per heavy atom. The van der Waals surface area contributed by atoms with Gasteiger partial charge in [-0.05, 0) is 24.3 Å². The van der Waals surface area contributed by atoms with Crippen LogP contribution in [0.3, 0.4) is 0 Å². The molecule has 0 saturated carbocycles. The molecule has 0 spiro atoms. The number of benzene rings is 2. The summed E-state index contributed by atoms with van der Waals surface area (Å²) in [6.45, 7) is 0. The zero-order valence-corrected chi connectivity index (χ0v) is 11.7. The van der Waals surface area contributed by atoms with Crippen LogP contribution in [-0.4, -0.2) is 12.2 Å². The molecule has 2 aromatic rings. The highest BCUT2D eigenvalue weighted by molar-refractivity contribution is 6.33. The average Bonchev–Trinajstić information content (AvgIpc) is 2.40. The lowest BCUT2D eigenvalue weighted by Crippen LogP contribution is -2.05. The van der Waals surface area contributed by atoms with Gasteiger partial charge in [0.25, 0.3) is 0 Å². The number of hydrogen-bond acceptors (Lipinski definition) is 4. The molecule has 0 aliphatic carbocycles. The number of nitrogens with zero attached hydrogens (tertiary/aromatic N) is 1. The number of anilines is 1. The second kappa shape index (κ2) is 6.41. The molecule has 0 aliphatic heterocycles. The van der Waals surface area contributed by atoms with Crippen molar-refractivity contribution in [2.24, 2.45) is 5.16 Å². The highest BCUT2D eigenvalue weighted by Crippen LogP contribution is 2.19. The zero-order chi connectivity index (χ0) is 14.5. The molecule has 20 heavy (non-hydrogen) atoms. The van der Waals surface area contributed by atoms with E-state index >= 15 is 0 Å². The number of halogens is 2. The van der Waals surface area contributed by atoms with E-state index in [2.05, 4.69) is 5.16 Å². The van der Waals surface area contributed by atoms with E-state index in [1.165, 1.54) is 18.3 Å². The van der Waals surface area contributed by atoms with E-state index < -0.39 is 5.97 Å². The van der Waals surface area contributed by atoms with Gasteiger partial charge in [0.2, 0.25) is 0 Å². The summed E-state index contributed by atoms with van der Waals surface area (Å²) in [5.74, 6) is -0.664. The SMILES string of the molecule is Nc1cc(Cl)ccc1C(=O)O/N=C/c1ccccc1Cl. The predicted molar refractivity (Wildman–Crippen MR) is 80.3 cm³/mol. The third kappa shape index (κ3) is 3.50. The molecule has 2 aromatic carbocycles. The van der Waals surface area contributed by atoms with Crippen molar-refractivity contribution in [2.75, 3.05) is 5.73 Å². The molecular weight excluding hydrogens is 299 g/mol. The third-order valence-corrected chi connectivity index (χ3v) is 3.05. The fraction of sp³-hybridized carbons (Fsp3) is 0. The van der Waals surface area contributed by atoms with E-state index in [1.807, 2.05) is 0 Å². The van der Waals surface area contributed by atoms with E-state index in [1.54, 1.807) is 30.3 Å². The van der Waals surface area contributed by atoms with E-state index in [9.17, 15) is 4.79 Å². The molecule has 0 unspecified atom stereocenters. The van der Waals surface area contributed by atoms with Crippen LogP contribution in [0.15, 0.2) is 47.6 Å². The van der Waals surface area contributed by atoms with Crippen LogP contribution in [-0.2, 0) is 4.84 Å². The highest BCUT2D eigenvalue weighted by atomic mass is 35.5. The van der Waals surface area contributed by atoms with Crippen LogP contribution >= 0.6 is 23.2 Å². The van der Waals surface area contributed by atoms with Crippen molar-refractivity contribution in [3.05, 3.63) is 63.6 Å². The smallest absolute Gasteiger partial charge is 0.367 e. The Labute approximate surface area is 125 Å². The van der Waals surface area contributed by atoms with Crippen LogP contribution in [0.25, 0.3) is 0 Å². The quantitative estimate of drug-likeness (QED) is 0.406. The van der Waals surface area contributed by atoms with Gasteiger partial charge in [-0.2, -0.15) is 0 Å².